The van der Waals surface area contributed by atoms with Crippen molar-refractivity contribution < 1.29 is 9.53 Å². The summed E-state index contributed by atoms with van der Waals surface area (Å²) in [5, 5.41) is 0.737. The molecule has 14 heavy (non-hydrogen) atoms. The van der Waals surface area contributed by atoms with Gasteiger partial charge >= 0.3 is 5.97 Å². The molecule has 0 aromatic carbocycles. The molecule has 0 bridgehead atoms. The minimum Gasteiger partial charge on any atom is -0.463 e. The number of carbonyl (C=O) groups is 1. The van der Waals surface area contributed by atoms with Crippen molar-refractivity contribution in [2.45, 2.75) is 37.9 Å². The summed E-state index contributed by atoms with van der Waals surface area (Å²) >= 11 is 1.85. The highest BCUT2D eigenvalue weighted by Gasteiger charge is 2.17. The van der Waals surface area contributed by atoms with Crippen LogP contribution in [0.3, 0.4) is 0 Å². The predicted molar refractivity (Wildman–Crippen MR) is 60.5 cm³/mol. The molecule has 1 fully saturated rings. The molecular weight excluding hydrogens is 196 g/mol. The van der Waals surface area contributed by atoms with E-state index in [0.29, 0.717) is 12.2 Å². The lowest BCUT2D eigenvalue weighted by Gasteiger charge is -2.09. The van der Waals surface area contributed by atoms with Crippen LogP contribution < -0.4 is 0 Å². The van der Waals surface area contributed by atoms with Gasteiger partial charge in [-0.25, -0.2) is 4.79 Å². The lowest BCUT2D eigenvalue weighted by Crippen LogP contribution is -2.09. The van der Waals surface area contributed by atoms with Crippen molar-refractivity contribution in [3.63, 3.8) is 0 Å². The summed E-state index contributed by atoms with van der Waals surface area (Å²) in [5.41, 5.74) is 0.601. The van der Waals surface area contributed by atoms with Gasteiger partial charge in [-0.1, -0.05) is 19.4 Å². The third-order valence-electron chi connectivity index (χ3n) is 2.36. The molecule has 1 saturated carbocycles. The monoisotopic (exact) mass is 214 g/mol. The van der Waals surface area contributed by atoms with Crippen molar-refractivity contribution in [1.29, 1.82) is 0 Å². The Balaban J connectivity index is 2.16. The number of rotatable bonds is 5. The maximum atomic E-state index is 11.2. The van der Waals surface area contributed by atoms with Crippen LogP contribution in [-0.2, 0) is 9.53 Å². The smallest absolute Gasteiger partial charge is 0.334 e. The molecule has 0 aromatic rings. The maximum absolute atomic E-state index is 11.2. The largest absolute Gasteiger partial charge is 0.463 e. The summed E-state index contributed by atoms with van der Waals surface area (Å²) in [6.45, 7) is 5.99. The molecule has 0 aromatic heterocycles. The van der Waals surface area contributed by atoms with Gasteiger partial charge in [-0.15, -0.1) is 0 Å². The van der Waals surface area contributed by atoms with Gasteiger partial charge < -0.3 is 4.74 Å². The summed E-state index contributed by atoms with van der Waals surface area (Å²) in [4.78, 5) is 11.2. The van der Waals surface area contributed by atoms with Crippen LogP contribution in [-0.4, -0.2) is 23.6 Å². The Morgan fingerprint density at radius 1 is 1.50 bits per heavy atom. The minimum absolute atomic E-state index is 0.238. The normalized spacial score (nSPS) is 16.9. The van der Waals surface area contributed by atoms with Crippen LogP contribution in [0.2, 0.25) is 0 Å². The van der Waals surface area contributed by atoms with Gasteiger partial charge in [0.05, 0.1) is 6.61 Å². The lowest BCUT2D eigenvalue weighted by molar-refractivity contribution is -0.138. The van der Waals surface area contributed by atoms with Crippen molar-refractivity contribution in [2.75, 3.05) is 12.4 Å². The van der Waals surface area contributed by atoms with Crippen LogP contribution >= 0.6 is 11.8 Å². The zero-order chi connectivity index (χ0) is 10.4. The van der Waals surface area contributed by atoms with E-state index in [9.17, 15) is 4.79 Å². The Morgan fingerprint density at radius 2 is 2.14 bits per heavy atom. The van der Waals surface area contributed by atoms with Crippen molar-refractivity contribution in [3.8, 4) is 0 Å². The second kappa shape index (κ2) is 6.12. The first-order valence-corrected chi connectivity index (χ1v) is 6.25. The Labute approximate surface area is 90.1 Å². The second-order valence-electron chi connectivity index (χ2n) is 3.54. The average molecular weight is 214 g/mol. The molecule has 0 saturated heterocycles. The van der Waals surface area contributed by atoms with E-state index >= 15 is 0 Å². The van der Waals surface area contributed by atoms with E-state index in [4.69, 9.17) is 4.74 Å². The molecule has 1 aliphatic rings. The van der Waals surface area contributed by atoms with Gasteiger partial charge in [0, 0.05) is 16.6 Å². The van der Waals surface area contributed by atoms with E-state index in [-0.39, 0.29) is 5.97 Å². The molecule has 0 heterocycles. The van der Waals surface area contributed by atoms with Gasteiger partial charge in [0.2, 0.25) is 0 Å². The molecule has 0 unspecified atom stereocenters. The Morgan fingerprint density at radius 3 is 2.71 bits per heavy atom. The van der Waals surface area contributed by atoms with E-state index in [1.54, 1.807) is 0 Å². The number of esters is 1. The highest BCUT2D eigenvalue weighted by molar-refractivity contribution is 8.00. The third kappa shape index (κ3) is 3.74. The quantitative estimate of drug-likeness (QED) is 0.520. The van der Waals surface area contributed by atoms with Crippen LogP contribution in [0.25, 0.3) is 0 Å². The highest BCUT2D eigenvalue weighted by Crippen LogP contribution is 2.30. The summed E-state index contributed by atoms with van der Waals surface area (Å²) in [6.07, 6.45) is 5.26. The van der Waals surface area contributed by atoms with Crippen molar-refractivity contribution in [3.05, 3.63) is 12.2 Å². The number of hydrogen-bond acceptors (Lipinski definition) is 3. The molecule has 0 aliphatic heterocycles. The molecule has 0 amide bonds. The molecular formula is C11H18O2S. The van der Waals surface area contributed by atoms with E-state index in [1.807, 2.05) is 18.7 Å². The van der Waals surface area contributed by atoms with Crippen molar-refractivity contribution in [2.24, 2.45) is 0 Å². The van der Waals surface area contributed by atoms with Crippen LogP contribution in [0.15, 0.2) is 12.2 Å². The molecule has 0 spiro atoms. The molecule has 80 valence electrons. The highest BCUT2D eigenvalue weighted by atomic mass is 32.2. The predicted octanol–water partition coefficient (Wildman–Crippen LogP) is 2.78. The zero-order valence-corrected chi connectivity index (χ0v) is 9.57. The van der Waals surface area contributed by atoms with E-state index in [1.165, 1.54) is 25.7 Å². The number of ether oxygens (including phenoxy) is 1. The fourth-order valence-corrected chi connectivity index (χ4v) is 2.79. The average Bonchev–Trinajstić information content (AvgIpc) is 2.67. The molecule has 3 heteroatoms. The molecule has 0 N–H and O–H groups in total. The van der Waals surface area contributed by atoms with Crippen LogP contribution in [0.1, 0.15) is 32.6 Å². The standard InChI is InChI=1S/C11H18O2S/c1-3-13-11(12)9(2)8-14-10-6-4-5-7-10/h10H,2-8H2,1H3. The van der Waals surface area contributed by atoms with Gasteiger partial charge in [-0.2, -0.15) is 11.8 Å². The summed E-state index contributed by atoms with van der Waals surface area (Å²) in [7, 11) is 0. The Kier molecular flexibility index (Phi) is 5.09. The molecule has 1 rings (SSSR count). The zero-order valence-electron chi connectivity index (χ0n) is 8.75. The molecule has 1 aliphatic carbocycles. The summed E-state index contributed by atoms with van der Waals surface area (Å²) in [6, 6.07) is 0. The number of carbonyl (C=O) groups excluding carboxylic acids is 1. The second-order valence-corrected chi connectivity index (χ2v) is 4.83. The number of thioether (sulfide) groups is 1. The fraction of sp³-hybridized carbons (Fsp3) is 0.727. The first kappa shape index (κ1) is 11.6. The Hall–Kier alpha value is -0.440. The van der Waals surface area contributed by atoms with Crippen molar-refractivity contribution in [1.82, 2.24) is 0 Å². The Bertz CT molecular complexity index is 207. The molecule has 0 radical (unpaired) electrons. The van der Waals surface area contributed by atoms with E-state index in [2.05, 4.69) is 6.58 Å². The number of hydrogen-bond donors (Lipinski definition) is 0. The van der Waals surface area contributed by atoms with E-state index < -0.39 is 0 Å². The van der Waals surface area contributed by atoms with Crippen LogP contribution in [0.5, 0.6) is 0 Å². The third-order valence-corrected chi connectivity index (χ3v) is 3.82. The van der Waals surface area contributed by atoms with Gasteiger partial charge in [-0.3, -0.25) is 0 Å². The van der Waals surface area contributed by atoms with Crippen LogP contribution in [0, 0.1) is 0 Å². The van der Waals surface area contributed by atoms with Gasteiger partial charge in [0.15, 0.2) is 0 Å². The summed E-state index contributed by atoms with van der Waals surface area (Å²) < 4.78 is 4.87. The minimum atomic E-state index is -0.238. The van der Waals surface area contributed by atoms with Gasteiger partial charge in [0.1, 0.15) is 0 Å². The van der Waals surface area contributed by atoms with Gasteiger partial charge in [-0.05, 0) is 19.8 Å². The molecule has 0 atom stereocenters. The topological polar surface area (TPSA) is 26.3 Å². The van der Waals surface area contributed by atoms with Crippen LogP contribution in [0.4, 0.5) is 0 Å². The summed E-state index contributed by atoms with van der Waals surface area (Å²) in [5.74, 6) is 0.488. The maximum Gasteiger partial charge on any atom is 0.334 e. The fourth-order valence-electron chi connectivity index (χ4n) is 1.57. The lowest BCUT2D eigenvalue weighted by atomic mass is 10.3. The van der Waals surface area contributed by atoms with E-state index in [0.717, 1.165) is 11.0 Å². The van der Waals surface area contributed by atoms with Crippen molar-refractivity contribution >= 4 is 17.7 Å². The first-order chi connectivity index (χ1) is 6.74. The first-order valence-electron chi connectivity index (χ1n) is 5.20. The SMILES string of the molecule is C=C(CSC1CCCC1)C(=O)OCC. The van der Waals surface area contributed by atoms with Gasteiger partial charge in [0.25, 0.3) is 0 Å². The molecule has 2 nitrogen and oxygen atoms in total.